The lowest BCUT2D eigenvalue weighted by atomic mass is 9.74. The Hall–Kier alpha value is -0.120. The fraction of sp³-hybridized carbons (Fsp3) is 1.00. The van der Waals surface area contributed by atoms with Gasteiger partial charge in [0.15, 0.2) is 0 Å². The second-order valence-corrected chi connectivity index (χ2v) is 6.37. The smallest absolute Gasteiger partial charge is 0.0707 e. The maximum absolute atomic E-state index is 6.11. The van der Waals surface area contributed by atoms with Gasteiger partial charge < -0.3 is 14.8 Å². The van der Waals surface area contributed by atoms with E-state index < -0.39 is 0 Å². The first-order valence-corrected chi connectivity index (χ1v) is 7.83. The number of hydrogen-bond acceptors (Lipinski definition) is 3. The zero-order valence-electron chi connectivity index (χ0n) is 11.5. The maximum Gasteiger partial charge on any atom is 0.0707 e. The van der Waals surface area contributed by atoms with Crippen LogP contribution in [0.1, 0.15) is 51.4 Å². The summed E-state index contributed by atoms with van der Waals surface area (Å²) in [5, 5.41) is 3.48. The first-order valence-electron chi connectivity index (χ1n) is 7.83. The van der Waals surface area contributed by atoms with Crippen LogP contribution in [-0.4, -0.2) is 38.0 Å². The lowest BCUT2D eigenvalue weighted by molar-refractivity contribution is -0.169. The van der Waals surface area contributed by atoms with Gasteiger partial charge in [-0.25, -0.2) is 0 Å². The van der Waals surface area contributed by atoms with E-state index in [2.05, 4.69) is 5.32 Å². The predicted molar refractivity (Wildman–Crippen MR) is 71.7 cm³/mol. The summed E-state index contributed by atoms with van der Waals surface area (Å²) < 4.78 is 12.0. The molecule has 0 aromatic rings. The molecular weight excluding hydrogens is 226 g/mol. The zero-order chi connectivity index (χ0) is 12.3. The van der Waals surface area contributed by atoms with Crippen LogP contribution in [0.5, 0.6) is 0 Å². The number of rotatable bonds is 4. The molecule has 3 aliphatic rings. The monoisotopic (exact) mass is 253 g/mol. The van der Waals surface area contributed by atoms with Crippen molar-refractivity contribution in [1.29, 1.82) is 0 Å². The molecule has 2 heterocycles. The molecule has 0 bridgehead atoms. The molecular formula is C15H27NO2. The lowest BCUT2D eigenvalue weighted by Crippen LogP contribution is -2.47. The summed E-state index contributed by atoms with van der Waals surface area (Å²) in [4.78, 5) is 0. The van der Waals surface area contributed by atoms with Crippen LogP contribution in [0.15, 0.2) is 0 Å². The molecule has 3 rings (SSSR count). The standard InChI is InChI=1S/C15H27NO2/c1-3-13(12-16-8-1)4-9-17-14-5-10-18-15(11-14)6-2-7-15/h13-14,16H,1-12H2. The number of piperidine rings is 1. The van der Waals surface area contributed by atoms with Crippen LogP contribution in [0, 0.1) is 5.92 Å². The van der Waals surface area contributed by atoms with Crippen LogP contribution in [-0.2, 0) is 9.47 Å². The molecule has 0 radical (unpaired) electrons. The van der Waals surface area contributed by atoms with E-state index in [1.807, 2.05) is 0 Å². The summed E-state index contributed by atoms with van der Waals surface area (Å²) >= 11 is 0. The van der Waals surface area contributed by atoms with Gasteiger partial charge in [-0.05, 0) is 64.0 Å². The van der Waals surface area contributed by atoms with Crippen molar-refractivity contribution in [2.45, 2.75) is 63.1 Å². The average molecular weight is 253 g/mol. The fourth-order valence-corrected chi connectivity index (χ4v) is 3.62. The molecule has 1 N–H and O–H groups in total. The lowest BCUT2D eigenvalue weighted by Gasteiger charge is -2.47. The molecule has 2 atom stereocenters. The van der Waals surface area contributed by atoms with E-state index in [-0.39, 0.29) is 5.60 Å². The van der Waals surface area contributed by atoms with E-state index in [0.717, 1.165) is 32.0 Å². The Labute approximate surface area is 111 Å². The van der Waals surface area contributed by atoms with Gasteiger partial charge in [-0.3, -0.25) is 0 Å². The fourth-order valence-electron chi connectivity index (χ4n) is 3.62. The van der Waals surface area contributed by atoms with Crippen LogP contribution in [0.2, 0.25) is 0 Å². The summed E-state index contributed by atoms with van der Waals surface area (Å²) in [7, 11) is 0. The number of nitrogens with one attached hydrogen (secondary N) is 1. The molecule has 18 heavy (non-hydrogen) atoms. The van der Waals surface area contributed by atoms with E-state index in [1.54, 1.807) is 0 Å². The Morgan fingerprint density at radius 2 is 2.17 bits per heavy atom. The quantitative estimate of drug-likeness (QED) is 0.835. The first-order chi connectivity index (χ1) is 8.86. The minimum atomic E-state index is 0.231. The largest absolute Gasteiger partial charge is 0.378 e. The third-order valence-electron chi connectivity index (χ3n) is 4.99. The molecule has 0 aromatic heterocycles. The summed E-state index contributed by atoms with van der Waals surface area (Å²) in [5.41, 5.74) is 0.231. The second kappa shape index (κ2) is 5.89. The van der Waals surface area contributed by atoms with Gasteiger partial charge in [-0.2, -0.15) is 0 Å². The third kappa shape index (κ3) is 3.06. The molecule has 2 unspecified atom stereocenters. The van der Waals surface area contributed by atoms with Crippen molar-refractivity contribution in [3.05, 3.63) is 0 Å². The van der Waals surface area contributed by atoms with Crippen molar-refractivity contribution >= 4 is 0 Å². The molecule has 1 aliphatic carbocycles. The van der Waals surface area contributed by atoms with Gasteiger partial charge in [-0.1, -0.05) is 0 Å². The van der Waals surface area contributed by atoms with E-state index in [4.69, 9.17) is 9.47 Å². The van der Waals surface area contributed by atoms with E-state index in [1.165, 1.54) is 51.6 Å². The molecule has 104 valence electrons. The van der Waals surface area contributed by atoms with Gasteiger partial charge in [-0.15, -0.1) is 0 Å². The van der Waals surface area contributed by atoms with Gasteiger partial charge in [0, 0.05) is 19.6 Å². The Balaban J connectivity index is 1.35. The first kappa shape index (κ1) is 12.9. The molecule has 3 heteroatoms. The van der Waals surface area contributed by atoms with Crippen molar-refractivity contribution in [3.63, 3.8) is 0 Å². The highest BCUT2D eigenvalue weighted by atomic mass is 16.5. The zero-order valence-corrected chi connectivity index (χ0v) is 11.5. The van der Waals surface area contributed by atoms with Gasteiger partial charge in [0.1, 0.15) is 0 Å². The molecule has 2 saturated heterocycles. The molecule has 1 spiro atoms. The number of ether oxygens (including phenoxy) is 2. The Kier molecular flexibility index (Phi) is 4.22. The van der Waals surface area contributed by atoms with Gasteiger partial charge in [0.25, 0.3) is 0 Å². The van der Waals surface area contributed by atoms with E-state index in [9.17, 15) is 0 Å². The van der Waals surface area contributed by atoms with Crippen LogP contribution < -0.4 is 5.32 Å². The number of hydrogen-bond donors (Lipinski definition) is 1. The van der Waals surface area contributed by atoms with Crippen molar-refractivity contribution in [2.24, 2.45) is 5.92 Å². The van der Waals surface area contributed by atoms with Crippen molar-refractivity contribution in [2.75, 3.05) is 26.3 Å². The Morgan fingerprint density at radius 3 is 2.89 bits per heavy atom. The van der Waals surface area contributed by atoms with Crippen LogP contribution >= 0.6 is 0 Å². The van der Waals surface area contributed by atoms with Crippen LogP contribution in [0.4, 0.5) is 0 Å². The highest BCUT2D eigenvalue weighted by Gasteiger charge is 2.42. The van der Waals surface area contributed by atoms with Crippen LogP contribution in [0.3, 0.4) is 0 Å². The van der Waals surface area contributed by atoms with Gasteiger partial charge in [0.05, 0.1) is 11.7 Å². The SMILES string of the molecule is C1CNCC(CCOC2CCOC3(CCC3)C2)C1. The minimum absolute atomic E-state index is 0.231. The van der Waals surface area contributed by atoms with Crippen molar-refractivity contribution in [1.82, 2.24) is 5.32 Å². The van der Waals surface area contributed by atoms with Crippen LogP contribution in [0.25, 0.3) is 0 Å². The Morgan fingerprint density at radius 1 is 1.22 bits per heavy atom. The van der Waals surface area contributed by atoms with E-state index in [0.29, 0.717) is 6.10 Å². The molecule has 1 saturated carbocycles. The minimum Gasteiger partial charge on any atom is -0.378 e. The van der Waals surface area contributed by atoms with Crippen molar-refractivity contribution in [3.8, 4) is 0 Å². The normalized spacial score (nSPS) is 35.3. The topological polar surface area (TPSA) is 30.5 Å². The van der Waals surface area contributed by atoms with E-state index >= 15 is 0 Å². The average Bonchev–Trinajstić information content (AvgIpc) is 2.39. The van der Waals surface area contributed by atoms with Crippen molar-refractivity contribution < 1.29 is 9.47 Å². The van der Waals surface area contributed by atoms with Gasteiger partial charge in [0.2, 0.25) is 0 Å². The second-order valence-electron chi connectivity index (χ2n) is 6.37. The summed E-state index contributed by atoms with van der Waals surface area (Å²) in [6.45, 7) is 4.27. The predicted octanol–water partition coefficient (Wildman–Crippen LogP) is 2.49. The molecule has 0 amide bonds. The molecule has 2 aliphatic heterocycles. The molecule has 0 aromatic carbocycles. The van der Waals surface area contributed by atoms with Gasteiger partial charge >= 0.3 is 0 Å². The highest BCUT2D eigenvalue weighted by molar-refractivity contribution is 4.94. The molecule has 3 nitrogen and oxygen atoms in total. The maximum atomic E-state index is 6.11. The Bertz CT molecular complexity index is 259. The summed E-state index contributed by atoms with van der Waals surface area (Å²) in [6.07, 6.45) is 10.5. The summed E-state index contributed by atoms with van der Waals surface area (Å²) in [5.74, 6) is 0.844. The molecule has 3 fully saturated rings. The highest BCUT2D eigenvalue weighted by Crippen LogP contribution is 2.43. The third-order valence-corrected chi connectivity index (χ3v) is 4.99. The summed E-state index contributed by atoms with van der Waals surface area (Å²) in [6, 6.07) is 0.